The number of aryl methyl sites for hydroxylation is 1. The molecule has 0 saturated carbocycles. The van der Waals surface area contributed by atoms with E-state index in [2.05, 4.69) is 30.2 Å². The van der Waals surface area contributed by atoms with Crippen LogP contribution in [0.2, 0.25) is 0 Å². The van der Waals surface area contributed by atoms with Gasteiger partial charge < -0.3 is 29.3 Å². The van der Waals surface area contributed by atoms with E-state index < -0.39 is 12.1 Å². The summed E-state index contributed by atoms with van der Waals surface area (Å²) in [5, 5.41) is 22.2. The quantitative estimate of drug-likeness (QED) is 0.324. The molecule has 0 bridgehead atoms. The van der Waals surface area contributed by atoms with Crippen LogP contribution in [0.1, 0.15) is 5.69 Å². The van der Waals surface area contributed by atoms with Gasteiger partial charge in [-0.15, -0.1) is 0 Å². The van der Waals surface area contributed by atoms with Crippen LogP contribution < -0.4 is 19.7 Å². The lowest BCUT2D eigenvalue weighted by Gasteiger charge is -2.29. The number of benzene rings is 2. The summed E-state index contributed by atoms with van der Waals surface area (Å²) in [4.78, 5) is 28.9. The molecule has 5 rings (SSSR count). The summed E-state index contributed by atoms with van der Waals surface area (Å²) < 4.78 is 47.9. The number of carbonyl (C=O) groups is 1. The molecule has 0 unspecified atom stereocenters. The molecule has 0 amide bonds. The molecule has 212 valence electrons. The van der Waals surface area contributed by atoms with Crippen molar-refractivity contribution in [3.63, 3.8) is 0 Å². The second kappa shape index (κ2) is 11.6. The van der Waals surface area contributed by atoms with Gasteiger partial charge in [-0.1, -0.05) is 0 Å². The van der Waals surface area contributed by atoms with Crippen molar-refractivity contribution < 1.29 is 42.4 Å². The molecule has 1 aliphatic heterocycles. The number of rotatable bonds is 5. The number of carboxylic acid groups (broad SMARTS) is 1. The van der Waals surface area contributed by atoms with Gasteiger partial charge in [0, 0.05) is 30.2 Å². The number of aliphatic carboxylic acids is 1. The Kier molecular flexibility index (Phi) is 8.23. The fourth-order valence-corrected chi connectivity index (χ4v) is 3.94. The molecule has 1 saturated heterocycles. The molecule has 0 spiro atoms. The van der Waals surface area contributed by atoms with Crippen molar-refractivity contribution >= 4 is 45.4 Å². The predicted molar refractivity (Wildman–Crippen MR) is 139 cm³/mol. The highest BCUT2D eigenvalue weighted by Gasteiger charge is 2.38. The van der Waals surface area contributed by atoms with Crippen LogP contribution in [-0.4, -0.2) is 82.8 Å². The zero-order valence-electron chi connectivity index (χ0n) is 21.6. The maximum absolute atomic E-state index is 10.6. The van der Waals surface area contributed by atoms with Crippen molar-refractivity contribution in [2.75, 3.05) is 50.7 Å². The highest BCUT2D eigenvalue weighted by Crippen LogP contribution is 2.33. The van der Waals surface area contributed by atoms with Gasteiger partial charge in [-0.3, -0.25) is 5.32 Å². The van der Waals surface area contributed by atoms with E-state index in [0.717, 1.165) is 29.9 Å². The summed E-state index contributed by atoms with van der Waals surface area (Å²) in [6.45, 7) is 4.87. The number of alkyl halides is 3. The van der Waals surface area contributed by atoms with Crippen molar-refractivity contribution in [1.29, 1.82) is 0 Å². The molecular weight excluding hydrogens is 537 g/mol. The summed E-state index contributed by atoms with van der Waals surface area (Å²) in [6.07, 6.45) is -5.08. The number of aromatic hydroxyl groups is 1. The van der Waals surface area contributed by atoms with Crippen LogP contribution in [0, 0.1) is 6.92 Å². The number of anilines is 3. The fraction of sp³-hybridized carbons (Fsp3) is 0.320. The van der Waals surface area contributed by atoms with Crippen LogP contribution in [0.4, 0.5) is 30.8 Å². The normalized spacial score (nSPS) is 13.5. The maximum atomic E-state index is 10.6. The SMILES string of the molecule is COc1cc2nc(Nc3nc(O)c4cc(N5CCOCC5)ccc4n3)nc(C)c2cc1OC.O=C(O)C(F)(F)F. The summed E-state index contributed by atoms with van der Waals surface area (Å²) >= 11 is 0. The highest BCUT2D eigenvalue weighted by molar-refractivity contribution is 5.88. The number of fused-ring (bicyclic) bond motifs is 2. The lowest BCUT2D eigenvalue weighted by molar-refractivity contribution is -0.192. The van der Waals surface area contributed by atoms with E-state index >= 15 is 0 Å². The van der Waals surface area contributed by atoms with Gasteiger partial charge in [-0.25, -0.2) is 19.7 Å². The number of aromatic nitrogens is 4. The molecule has 3 heterocycles. The van der Waals surface area contributed by atoms with Gasteiger partial charge in [0.05, 0.1) is 49.5 Å². The summed E-state index contributed by atoms with van der Waals surface area (Å²) in [5.41, 5.74) is 3.06. The van der Waals surface area contributed by atoms with Crippen LogP contribution in [-0.2, 0) is 9.53 Å². The van der Waals surface area contributed by atoms with Gasteiger partial charge in [-0.2, -0.15) is 18.2 Å². The van der Waals surface area contributed by atoms with E-state index in [-0.39, 0.29) is 11.8 Å². The van der Waals surface area contributed by atoms with Crippen molar-refractivity contribution in [3.8, 4) is 17.4 Å². The number of carboxylic acids is 1. The Morgan fingerprint density at radius 1 is 0.950 bits per heavy atom. The first-order valence-corrected chi connectivity index (χ1v) is 11.8. The number of hydrogen-bond donors (Lipinski definition) is 3. The topological polar surface area (TPSA) is 152 Å². The number of ether oxygens (including phenoxy) is 3. The molecule has 1 fully saturated rings. The van der Waals surface area contributed by atoms with Gasteiger partial charge >= 0.3 is 12.1 Å². The summed E-state index contributed by atoms with van der Waals surface area (Å²) in [5.74, 6) is -1.16. The number of nitrogens with zero attached hydrogens (tertiary/aromatic N) is 5. The average Bonchev–Trinajstić information content (AvgIpc) is 2.92. The van der Waals surface area contributed by atoms with E-state index in [0.29, 0.717) is 47.1 Å². The second-order valence-electron chi connectivity index (χ2n) is 8.46. The lowest BCUT2D eigenvalue weighted by Crippen LogP contribution is -2.36. The Morgan fingerprint density at radius 2 is 1.55 bits per heavy atom. The lowest BCUT2D eigenvalue weighted by atomic mass is 10.1. The highest BCUT2D eigenvalue weighted by atomic mass is 19.4. The molecule has 1 aliphatic rings. The van der Waals surface area contributed by atoms with Gasteiger partial charge in [0.2, 0.25) is 17.8 Å². The monoisotopic (exact) mass is 562 g/mol. The maximum Gasteiger partial charge on any atom is 0.490 e. The first kappa shape index (κ1) is 28.4. The molecule has 15 heteroatoms. The zero-order valence-corrected chi connectivity index (χ0v) is 21.6. The smallest absolute Gasteiger partial charge is 0.490 e. The third-order valence-electron chi connectivity index (χ3n) is 5.89. The van der Waals surface area contributed by atoms with Crippen LogP contribution in [0.15, 0.2) is 30.3 Å². The Morgan fingerprint density at radius 3 is 2.17 bits per heavy atom. The molecule has 40 heavy (non-hydrogen) atoms. The molecule has 4 aromatic rings. The largest absolute Gasteiger partial charge is 0.493 e. The van der Waals surface area contributed by atoms with Crippen molar-refractivity contribution in [2.24, 2.45) is 0 Å². The second-order valence-corrected chi connectivity index (χ2v) is 8.46. The van der Waals surface area contributed by atoms with Gasteiger partial charge in [0.25, 0.3) is 0 Å². The zero-order chi connectivity index (χ0) is 29.0. The number of nitrogens with one attached hydrogen (secondary N) is 1. The number of methoxy groups -OCH3 is 2. The Labute approximate surface area is 225 Å². The molecule has 12 nitrogen and oxygen atoms in total. The summed E-state index contributed by atoms with van der Waals surface area (Å²) in [6, 6.07) is 9.39. The third-order valence-corrected chi connectivity index (χ3v) is 5.89. The molecule has 2 aromatic heterocycles. The molecule has 0 aliphatic carbocycles. The molecule has 0 radical (unpaired) electrons. The van der Waals surface area contributed by atoms with E-state index in [1.165, 1.54) is 0 Å². The Bertz CT molecular complexity index is 1550. The van der Waals surface area contributed by atoms with Crippen molar-refractivity contribution in [2.45, 2.75) is 13.1 Å². The number of morpholine rings is 1. The molecule has 2 aromatic carbocycles. The van der Waals surface area contributed by atoms with Gasteiger partial charge in [-0.05, 0) is 31.2 Å². The van der Waals surface area contributed by atoms with Crippen molar-refractivity contribution in [1.82, 2.24) is 19.9 Å². The standard InChI is InChI=1S/C23H24N6O4.C2HF3O2/c1-13-15-11-19(31-2)20(32-3)12-18(15)26-22(24-13)28-23-25-17-5-4-14(10-16(17)21(30)27-23)29-6-8-33-9-7-29;3-2(4,5)1(6)7/h4-5,10-12H,6-9H2,1-3H3,(H2,24,25,26,27,28,30);(H,6,7). The Hall–Kier alpha value is -4.66. The van der Waals surface area contributed by atoms with E-state index in [1.807, 2.05) is 31.2 Å². The minimum absolute atomic E-state index is 0.110. The van der Waals surface area contributed by atoms with E-state index in [4.69, 9.17) is 24.1 Å². The molecule has 3 N–H and O–H groups in total. The van der Waals surface area contributed by atoms with Crippen LogP contribution in [0.25, 0.3) is 21.8 Å². The van der Waals surface area contributed by atoms with Crippen molar-refractivity contribution in [3.05, 3.63) is 36.0 Å². The average molecular weight is 563 g/mol. The fourth-order valence-electron chi connectivity index (χ4n) is 3.94. The number of hydrogen-bond acceptors (Lipinski definition) is 11. The number of halogens is 3. The predicted octanol–water partition coefficient (Wildman–Crippen LogP) is 3.82. The third kappa shape index (κ3) is 6.31. The van der Waals surface area contributed by atoms with E-state index in [9.17, 15) is 18.3 Å². The molecule has 0 atom stereocenters. The van der Waals surface area contributed by atoms with Crippen LogP contribution in [0.5, 0.6) is 17.4 Å². The van der Waals surface area contributed by atoms with Gasteiger partial charge in [0.15, 0.2) is 11.5 Å². The van der Waals surface area contributed by atoms with Gasteiger partial charge in [0.1, 0.15) is 0 Å². The molecular formula is C25H25F3N6O6. The van der Waals surface area contributed by atoms with Crippen LogP contribution >= 0.6 is 0 Å². The first-order valence-electron chi connectivity index (χ1n) is 11.8. The minimum Gasteiger partial charge on any atom is -0.493 e. The Balaban J connectivity index is 0.000000470. The van der Waals surface area contributed by atoms with Crippen LogP contribution in [0.3, 0.4) is 0 Å². The minimum atomic E-state index is -5.08. The van der Waals surface area contributed by atoms with E-state index in [1.54, 1.807) is 20.3 Å². The summed E-state index contributed by atoms with van der Waals surface area (Å²) in [7, 11) is 3.16. The first-order chi connectivity index (χ1) is 19.0.